The van der Waals surface area contributed by atoms with Crippen LogP contribution in [0.15, 0.2) is 29.2 Å². The molecule has 1 aromatic carbocycles. The van der Waals surface area contributed by atoms with Crippen molar-refractivity contribution in [3.8, 4) is 11.5 Å². The van der Waals surface area contributed by atoms with E-state index in [9.17, 15) is 9.59 Å². The first-order valence-corrected chi connectivity index (χ1v) is 6.70. The topological polar surface area (TPSA) is 79.1 Å². The Balaban J connectivity index is 2.30. The van der Waals surface area contributed by atoms with Gasteiger partial charge in [-0.1, -0.05) is 0 Å². The Morgan fingerprint density at radius 3 is 2.86 bits per heavy atom. The number of nitrogens with zero attached hydrogens (tertiary/aromatic N) is 2. The third-order valence-electron chi connectivity index (χ3n) is 2.87. The van der Waals surface area contributed by atoms with Crippen LogP contribution >= 0.6 is 11.3 Å². The summed E-state index contributed by atoms with van der Waals surface area (Å²) < 4.78 is 16.8. The van der Waals surface area contributed by atoms with Gasteiger partial charge in [-0.25, -0.2) is 14.0 Å². The Morgan fingerprint density at radius 1 is 1.33 bits per heavy atom. The first kappa shape index (κ1) is 13.4. The van der Waals surface area contributed by atoms with Gasteiger partial charge in [-0.05, 0) is 18.2 Å². The summed E-state index contributed by atoms with van der Waals surface area (Å²) in [5, 5.41) is 0. The summed E-state index contributed by atoms with van der Waals surface area (Å²) in [6, 6.07) is 5.30. The van der Waals surface area contributed by atoms with E-state index in [2.05, 4.69) is 9.72 Å². The second-order valence-electron chi connectivity index (χ2n) is 4.04. The fourth-order valence-corrected chi connectivity index (χ4v) is 3.04. The Kier molecular flexibility index (Phi) is 3.22. The number of ether oxygens (including phenoxy) is 3. The first-order valence-electron chi connectivity index (χ1n) is 5.88. The van der Waals surface area contributed by atoms with Crippen LogP contribution in [0.1, 0.15) is 0 Å². The molecular formula is C13H10N2O5S. The summed E-state index contributed by atoms with van der Waals surface area (Å²) in [6.07, 6.45) is 0.341. The molecule has 3 rings (SSSR count). The van der Waals surface area contributed by atoms with Crippen molar-refractivity contribution in [3.05, 3.63) is 34.9 Å². The van der Waals surface area contributed by atoms with Crippen molar-refractivity contribution in [3.63, 3.8) is 0 Å². The molecular weight excluding hydrogens is 296 g/mol. The number of carbonyl (C=O) groups is 1. The summed E-state index contributed by atoms with van der Waals surface area (Å²) in [4.78, 5) is 27.4. The van der Waals surface area contributed by atoms with Crippen molar-refractivity contribution < 1.29 is 19.0 Å². The molecule has 0 N–H and O–H groups in total. The molecule has 0 atom stereocenters. The molecule has 0 radical (unpaired) electrons. The Hall–Kier alpha value is -2.61. The smallest absolute Gasteiger partial charge is 0.497 e. The number of hydrogen-bond acceptors (Lipinski definition) is 7. The number of hydrogen-bond donors (Lipinski definition) is 0. The van der Waals surface area contributed by atoms with Gasteiger partial charge in [-0.3, -0.25) is 0 Å². The molecule has 2 aromatic heterocycles. The monoisotopic (exact) mass is 306 g/mol. The van der Waals surface area contributed by atoms with Gasteiger partial charge in [-0.2, -0.15) is 4.98 Å². The van der Waals surface area contributed by atoms with Gasteiger partial charge < -0.3 is 14.2 Å². The van der Waals surface area contributed by atoms with Gasteiger partial charge in [0, 0.05) is 0 Å². The van der Waals surface area contributed by atoms with Gasteiger partial charge in [0.15, 0.2) is 5.75 Å². The van der Waals surface area contributed by atoms with Crippen LogP contribution in [0.2, 0.25) is 0 Å². The molecule has 0 bridgehead atoms. The summed E-state index contributed by atoms with van der Waals surface area (Å²) in [6.45, 7) is 0. The second kappa shape index (κ2) is 5.06. The highest BCUT2D eigenvalue weighted by atomic mass is 32.1. The van der Waals surface area contributed by atoms with E-state index in [4.69, 9.17) is 9.47 Å². The van der Waals surface area contributed by atoms with Gasteiger partial charge in [0.2, 0.25) is 0 Å². The summed E-state index contributed by atoms with van der Waals surface area (Å²) in [7, 11) is 2.77. The van der Waals surface area contributed by atoms with E-state index in [-0.39, 0.29) is 5.75 Å². The third-order valence-corrected chi connectivity index (χ3v) is 4.00. The molecule has 7 nitrogen and oxygen atoms in total. The quantitative estimate of drug-likeness (QED) is 0.674. The van der Waals surface area contributed by atoms with E-state index in [1.165, 1.54) is 29.0 Å². The lowest BCUT2D eigenvalue weighted by atomic mass is 10.3. The number of carbonyl (C=O) groups excluding carboxylic acids is 1. The van der Waals surface area contributed by atoms with Gasteiger partial charge in [0.25, 0.3) is 0 Å². The van der Waals surface area contributed by atoms with Gasteiger partial charge in [0.05, 0.1) is 30.6 Å². The van der Waals surface area contributed by atoms with E-state index in [1.54, 1.807) is 25.3 Å². The number of rotatable bonds is 2. The Morgan fingerprint density at radius 2 is 2.14 bits per heavy atom. The molecule has 108 valence electrons. The number of benzene rings is 1. The van der Waals surface area contributed by atoms with E-state index in [0.29, 0.717) is 16.1 Å². The van der Waals surface area contributed by atoms with E-state index in [1.807, 2.05) is 0 Å². The highest BCUT2D eigenvalue weighted by molar-refractivity contribution is 7.24. The molecule has 0 aliphatic heterocycles. The van der Waals surface area contributed by atoms with Crippen molar-refractivity contribution >= 4 is 32.5 Å². The Bertz CT molecular complexity index is 899. The molecule has 0 fully saturated rings. The van der Waals surface area contributed by atoms with Crippen LogP contribution < -0.4 is 15.2 Å². The maximum Gasteiger partial charge on any atom is 0.513 e. The lowest BCUT2D eigenvalue weighted by molar-refractivity contribution is 0.121. The maximum atomic E-state index is 12.0. The first-order chi connectivity index (χ1) is 10.1. The molecule has 0 saturated carbocycles. The molecule has 21 heavy (non-hydrogen) atoms. The predicted octanol–water partition coefficient (Wildman–Crippen LogP) is 2.06. The van der Waals surface area contributed by atoms with E-state index < -0.39 is 11.8 Å². The van der Waals surface area contributed by atoms with Crippen LogP contribution in [0.4, 0.5) is 4.79 Å². The van der Waals surface area contributed by atoms with Crippen LogP contribution in [0, 0.1) is 0 Å². The van der Waals surface area contributed by atoms with Crippen molar-refractivity contribution in [2.45, 2.75) is 0 Å². The second-order valence-corrected chi connectivity index (χ2v) is 5.07. The van der Waals surface area contributed by atoms with Gasteiger partial charge in [0.1, 0.15) is 10.6 Å². The third kappa shape index (κ3) is 2.19. The van der Waals surface area contributed by atoms with E-state index >= 15 is 0 Å². The number of thiazole rings is 1. The molecule has 0 amide bonds. The molecule has 0 unspecified atom stereocenters. The molecule has 0 spiro atoms. The SMILES string of the molecule is COC(=O)Oc1cnc(=O)n2c1sc1cc(OC)ccc12. The summed E-state index contributed by atoms with van der Waals surface area (Å²) >= 11 is 1.29. The minimum atomic E-state index is -0.868. The lowest BCUT2D eigenvalue weighted by Gasteiger charge is -2.03. The van der Waals surface area contributed by atoms with Crippen molar-refractivity contribution in [1.82, 2.24) is 9.38 Å². The minimum absolute atomic E-state index is 0.168. The minimum Gasteiger partial charge on any atom is -0.497 e. The predicted molar refractivity (Wildman–Crippen MR) is 76.4 cm³/mol. The maximum absolute atomic E-state index is 12.0. The molecule has 2 heterocycles. The fourth-order valence-electron chi connectivity index (χ4n) is 1.93. The fraction of sp³-hybridized carbons (Fsp3) is 0.154. The van der Waals surface area contributed by atoms with Crippen LogP contribution in [0.25, 0.3) is 15.0 Å². The highest BCUT2D eigenvalue weighted by Gasteiger charge is 2.15. The van der Waals surface area contributed by atoms with Gasteiger partial charge >= 0.3 is 11.8 Å². The molecule has 3 aromatic rings. The number of methoxy groups -OCH3 is 2. The average molecular weight is 306 g/mol. The zero-order chi connectivity index (χ0) is 15.0. The standard InChI is InChI=1S/C13H10N2O5S/c1-18-7-3-4-8-10(5-7)21-11-9(20-13(17)19-2)6-14-12(16)15(8)11/h3-6H,1-2H3. The van der Waals surface area contributed by atoms with Crippen LogP contribution in [-0.2, 0) is 4.74 Å². The van der Waals surface area contributed by atoms with Crippen LogP contribution in [0.3, 0.4) is 0 Å². The number of aromatic nitrogens is 2. The Labute approximate surface area is 122 Å². The highest BCUT2D eigenvalue weighted by Crippen LogP contribution is 2.33. The summed E-state index contributed by atoms with van der Waals surface area (Å²) in [5.41, 5.74) is 0.224. The molecule has 8 heteroatoms. The van der Waals surface area contributed by atoms with Crippen molar-refractivity contribution in [2.24, 2.45) is 0 Å². The molecule has 0 saturated heterocycles. The molecule has 0 aliphatic rings. The normalized spacial score (nSPS) is 10.8. The van der Waals surface area contributed by atoms with Crippen LogP contribution in [0.5, 0.6) is 11.5 Å². The van der Waals surface area contributed by atoms with Gasteiger partial charge in [-0.15, -0.1) is 11.3 Å². The van der Waals surface area contributed by atoms with Crippen molar-refractivity contribution in [2.75, 3.05) is 14.2 Å². The summed E-state index contributed by atoms with van der Waals surface area (Å²) in [5.74, 6) is 0.840. The lowest BCUT2D eigenvalue weighted by Crippen LogP contribution is -2.17. The number of fused-ring (bicyclic) bond motifs is 3. The zero-order valence-corrected chi connectivity index (χ0v) is 12.0. The van der Waals surface area contributed by atoms with Crippen LogP contribution in [-0.4, -0.2) is 29.8 Å². The largest absolute Gasteiger partial charge is 0.513 e. The van der Waals surface area contributed by atoms with Crippen molar-refractivity contribution in [1.29, 1.82) is 0 Å². The zero-order valence-electron chi connectivity index (χ0n) is 11.2. The molecule has 0 aliphatic carbocycles. The average Bonchev–Trinajstić information content (AvgIpc) is 2.89. The van der Waals surface area contributed by atoms with E-state index in [0.717, 1.165) is 4.70 Å².